The maximum Gasteiger partial charge on any atom is 0.257 e. The molecule has 4 aromatic rings. The fourth-order valence-electron chi connectivity index (χ4n) is 3.32. The lowest BCUT2D eigenvalue weighted by molar-refractivity contribution is 0.102. The van der Waals surface area contributed by atoms with Gasteiger partial charge in [0.15, 0.2) is 5.65 Å². The molecule has 4 rings (SSSR count). The quantitative estimate of drug-likeness (QED) is 0.551. The fraction of sp³-hybridized carbons (Fsp3) is 0.143. The van der Waals surface area contributed by atoms with Gasteiger partial charge in [-0.1, -0.05) is 34.5 Å². The Morgan fingerprint density at radius 3 is 2.54 bits per heavy atom. The number of nitrogens with one attached hydrogen (secondary N) is 1. The number of halogens is 1. The summed E-state index contributed by atoms with van der Waals surface area (Å²) in [7, 11) is 0. The summed E-state index contributed by atoms with van der Waals surface area (Å²) >= 11 is 6.42. The number of fused-ring (bicyclic) bond motifs is 1. The van der Waals surface area contributed by atoms with Crippen LogP contribution in [-0.2, 0) is 0 Å². The summed E-state index contributed by atoms with van der Waals surface area (Å²) in [6.07, 6.45) is 1.68. The molecule has 140 valence electrons. The van der Waals surface area contributed by atoms with Gasteiger partial charge in [0.05, 0.1) is 16.3 Å². The Labute approximate surface area is 167 Å². The molecule has 0 bridgehead atoms. The number of carbonyl (C=O) groups is 1. The Hall–Kier alpha value is -3.25. The zero-order valence-electron chi connectivity index (χ0n) is 15.7. The SMILES string of the molecule is Cc1cc(C)c(NC(=O)c2ccc(-n3nnc4cccnc43)cc2Cl)c(C)c1. The molecule has 0 aliphatic carbocycles. The summed E-state index contributed by atoms with van der Waals surface area (Å²) in [5.74, 6) is -0.256. The van der Waals surface area contributed by atoms with E-state index in [0.717, 1.165) is 22.4 Å². The molecule has 0 aliphatic heterocycles. The van der Waals surface area contributed by atoms with Crippen molar-refractivity contribution in [3.05, 3.63) is 75.9 Å². The lowest BCUT2D eigenvalue weighted by atomic mass is 10.0. The van der Waals surface area contributed by atoms with E-state index in [0.29, 0.717) is 27.4 Å². The summed E-state index contributed by atoms with van der Waals surface area (Å²) in [6.45, 7) is 5.98. The third kappa shape index (κ3) is 3.23. The van der Waals surface area contributed by atoms with Crippen molar-refractivity contribution >= 4 is 34.4 Å². The number of aryl methyl sites for hydroxylation is 3. The molecule has 0 aliphatic rings. The molecular formula is C21H18ClN5O. The lowest BCUT2D eigenvalue weighted by Crippen LogP contribution is -2.15. The van der Waals surface area contributed by atoms with Gasteiger partial charge in [-0.05, 0) is 62.2 Å². The Balaban J connectivity index is 1.66. The summed E-state index contributed by atoms with van der Waals surface area (Å²) in [6, 6.07) is 12.9. The van der Waals surface area contributed by atoms with E-state index in [9.17, 15) is 4.79 Å². The van der Waals surface area contributed by atoms with Gasteiger partial charge in [-0.25, -0.2) is 4.98 Å². The van der Waals surface area contributed by atoms with E-state index in [1.54, 1.807) is 35.1 Å². The first-order chi connectivity index (χ1) is 13.4. The van der Waals surface area contributed by atoms with Crippen LogP contribution in [0.4, 0.5) is 5.69 Å². The van der Waals surface area contributed by atoms with E-state index in [4.69, 9.17) is 11.6 Å². The maximum absolute atomic E-state index is 12.8. The number of rotatable bonds is 3. The van der Waals surface area contributed by atoms with Crippen molar-refractivity contribution in [2.45, 2.75) is 20.8 Å². The molecule has 0 saturated heterocycles. The van der Waals surface area contributed by atoms with Crippen LogP contribution in [0.3, 0.4) is 0 Å². The number of carbonyl (C=O) groups excluding carboxylic acids is 1. The third-order valence-corrected chi connectivity index (χ3v) is 4.88. The zero-order valence-corrected chi connectivity index (χ0v) is 16.4. The molecule has 7 heteroatoms. The van der Waals surface area contributed by atoms with E-state index in [1.807, 2.05) is 39.0 Å². The lowest BCUT2D eigenvalue weighted by Gasteiger charge is -2.14. The van der Waals surface area contributed by atoms with E-state index < -0.39 is 0 Å². The van der Waals surface area contributed by atoms with Gasteiger partial charge in [-0.15, -0.1) is 5.10 Å². The molecule has 1 amide bonds. The molecule has 0 saturated carbocycles. The monoisotopic (exact) mass is 391 g/mol. The van der Waals surface area contributed by atoms with Crippen molar-refractivity contribution in [1.82, 2.24) is 20.0 Å². The van der Waals surface area contributed by atoms with Crippen LogP contribution in [0.1, 0.15) is 27.0 Å². The highest BCUT2D eigenvalue weighted by Crippen LogP contribution is 2.26. The summed E-state index contributed by atoms with van der Waals surface area (Å²) in [5.41, 5.74) is 6.38. The van der Waals surface area contributed by atoms with E-state index in [2.05, 4.69) is 20.6 Å². The van der Waals surface area contributed by atoms with E-state index in [1.165, 1.54) is 0 Å². The first-order valence-corrected chi connectivity index (χ1v) is 9.17. The van der Waals surface area contributed by atoms with Gasteiger partial charge in [0.1, 0.15) is 5.52 Å². The molecule has 0 fully saturated rings. The minimum atomic E-state index is -0.256. The number of anilines is 1. The number of hydrogen-bond donors (Lipinski definition) is 1. The van der Waals surface area contributed by atoms with Gasteiger partial charge in [0.2, 0.25) is 0 Å². The maximum atomic E-state index is 12.8. The van der Waals surface area contributed by atoms with Gasteiger partial charge >= 0.3 is 0 Å². The summed E-state index contributed by atoms with van der Waals surface area (Å²) < 4.78 is 1.59. The minimum Gasteiger partial charge on any atom is -0.321 e. The van der Waals surface area contributed by atoms with Crippen molar-refractivity contribution in [3.8, 4) is 5.69 Å². The smallest absolute Gasteiger partial charge is 0.257 e. The normalized spacial score (nSPS) is 11.0. The minimum absolute atomic E-state index is 0.256. The van der Waals surface area contributed by atoms with Crippen LogP contribution in [-0.4, -0.2) is 25.9 Å². The van der Waals surface area contributed by atoms with Crippen LogP contribution in [0.25, 0.3) is 16.9 Å². The molecule has 2 aromatic carbocycles. The zero-order chi connectivity index (χ0) is 19.8. The first kappa shape index (κ1) is 18.1. The molecule has 0 atom stereocenters. The summed E-state index contributed by atoms with van der Waals surface area (Å²) in [5, 5.41) is 11.5. The van der Waals surface area contributed by atoms with Crippen LogP contribution in [0.2, 0.25) is 5.02 Å². The molecule has 1 N–H and O–H groups in total. The van der Waals surface area contributed by atoms with Crippen molar-refractivity contribution in [1.29, 1.82) is 0 Å². The molecule has 0 radical (unpaired) electrons. The third-order valence-electron chi connectivity index (χ3n) is 4.57. The number of amides is 1. The van der Waals surface area contributed by atoms with Crippen molar-refractivity contribution < 1.29 is 4.79 Å². The topological polar surface area (TPSA) is 72.7 Å². The highest BCUT2D eigenvalue weighted by atomic mass is 35.5. The van der Waals surface area contributed by atoms with E-state index >= 15 is 0 Å². The second-order valence-electron chi connectivity index (χ2n) is 6.74. The van der Waals surface area contributed by atoms with Crippen molar-refractivity contribution in [2.24, 2.45) is 0 Å². The molecule has 6 nitrogen and oxygen atoms in total. The van der Waals surface area contributed by atoms with Crippen LogP contribution in [0.5, 0.6) is 0 Å². The highest BCUT2D eigenvalue weighted by molar-refractivity contribution is 6.34. The van der Waals surface area contributed by atoms with Gasteiger partial charge in [0, 0.05) is 11.9 Å². The number of nitrogens with zero attached hydrogens (tertiary/aromatic N) is 4. The standard InChI is InChI=1S/C21H18ClN5O/c1-12-9-13(2)19(14(3)10-12)24-21(28)16-7-6-15(11-17(16)22)27-20-18(25-26-27)5-4-8-23-20/h4-11H,1-3H3,(H,24,28). The largest absolute Gasteiger partial charge is 0.321 e. The molecule has 0 unspecified atom stereocenters. The molecule has 28 heavy (non-hydrogen) atoms. The van der Waals surface area contributed by atoms with Gasteiger partial charge < -0.3 is 5.32 Å². The van der Waals surface area contributed by atoms with Crippen molar-refractivity contribution in [2.75, 3.05) is 5.32 Å². The Bertz CT molecular complexity index is 1190. The van der Waals surface area contributed by atoms with Crippen LogP contribution >= 0.6 is 11.6 Å². The number of hydrogen-bond acceptors (Lipinski definition) is 4. The van der Waals surface area contributed by atoms with Crippen LogP contribution < -0.4 is 5.32 Å². The molecule has 0 spiro atoms. The number of pyridine rings is 1. The Kier molecular flexibility index (Phi) is 4.57. The molecule has 2 heterocycles. The molecular weight excluding hydrogens is 374 g/mol. The van der Waals surface area contributed by atoms with Crippen molar-refractivity contribution in [3.63, 3.8) is 0 Å². The van der Waals surface area contributed by atoms with Crippen LogP contribution in [0.15, 0.2) is 48.7 Å². The molecule has 2 aromatic heterocycles. The Morgan fingerprint density at radius 1 is 1.07 bits per heavy atom. The average molecular weight is 392 g/mol. The fourth-order valence-corrected chi connectivity index (χ4v) is 3.58. The first-order valence-electron chi connectivity index (χ1n) is 8.79. The van der Waals surface area contributed by atoms with Crippen LogP contribution in [0, 0.1) is 20.8 Å². The summed E-state index contributed by atoms with van der Waals surface area (Å²) in [4.78, 5) is 17.1. The van der Waals surface area contributed by atoms with E-state index in [-0.39, 0.29) is 5.91 Å². The Morgan fingerprint density at radius 2 is 1.82 bits per heavy atom. The highest BCUT2D eigenvalue weighted by Gasteiger charge is 2.15. The predicted octanol–water partition coefficient (Wildman–Crippen LogP) is 4.65. The second kappa shape index (κ2) is 7.05. The van der Waals surface area contributed by atoms with Gasteiger partial charge in [0.25, 0.3) is 5.91 Å². The number of benzene rings is 2. The van der Waals surface area contributed by atoms with Gasteiger partial charge in [-0.2, -0.15) is 4.68 Å². The van der Waals surface area contributed by atoms with Gasteiger partial charge in [-0.3, -0.25) is 4.79 Å². The predicted molar refractivity (Wildman–Crippen MR) is 110 cm³/mol. The number of aromatic nitrogens is 4. The average Bonchev–Trinajstić information content (AvgIpc) is 3.08. The second-order valence-corrected chi connectivity index (χ2v) is 7.15.